The van der Waals surface area contributed by atoms with Crippen molar-refractivity contribution in [2.45, 2.75) is 32.9 Å². The van der Waals surface area contributed by atoms with Crippen LogP contribution in [0.5, 0.6) is 0 Å². The summed E-state index contributed by atoms with van der Waals surface area (Å²) in [6.07, 6.45) is 0.553. The highest BCUT2D eigenvalue weighted by Gasteiger charge is 2.26. The van der Waals surface area contributed by atoms with Crippen molar-refractivity contribution in [1.29, 1.82) is 0 Å². The molecule has 0 amide bonds. The van der Waals surface area contributed by atoms with E-state index in [1.807, 2.05) is 44.2 Å². The molecular formula is C14H17NO2. The Labute approximate surface area is 102 Å². The molecule has 3 nitrogen and oxygen atoms in total. The Kier molecular flexibility index (Phi) is 5.22. The first-order valence-corrected chi connectivity index (χ1v) is 5.70. The molecule has 0 heterocycles. The minimum absolute atomic E-state index is 0.240. The summed E-state index contributed by atoms with van der Waals surface area (Å²) in [6, 6.07) is 8.81. The van der Waals surface area contributed by atoms with Gasteiger partial charge in [0, 0.05) is 6.42 Å². The maximum absolute atomic E-state index is 11.6. The molecule has 17 heavy (non-hydrogen) atoms. The molecule has 0 saturated heterocycles. The highest BCUT2D eigenvalue weighted by atomic mass is 16.5. The molecule has 1 rings (SSSR count). The van der Waals surface area contributed by atoms with E-state index in [4.69, 9.17) is 11.3 Å². The fraction of sp³-hybridized carbons (Fsp3) is 0.429. The molecule has 0 radical (unpaired) electrons. The molecule has 0 aromatic heterocycles. The summed E-state index contributed by atoms with van der Waals surface area (Å²) in [5.41, 5.74) is 0.939. The van der Waals surface area contributed by atoms with Gasteiger partial charge in [0.05, 0.1) is 0 Å². The number of ether oxygens (including phenoxy) is 1. The van der Waals surface area contributed by atoms with Crippen molar-refractivity contribution >= 4 is 5.97 Å². The highest BCUT2D eigenvalue weighted by Crippen LogP contribution is 2.11. The van der Waals surface area contributed by atoms with Crippen LogP contribution in [0.15, 0.2) is 30.3 Å². The SMILES string of the molecule is [C-]#[N+][C@@H](CC(C)C)C(=O)OCc1ccccc1. The summed E-state index contributed by atoms with van der Waals surface area (Å²) in [5.74, 6) is -0.101. The molecule has 1 atom stereocenters. The lowest BCUT2D eigenvalue weighted by atomic mass is 10.0. The molecule has 90 valence electrons. The van der Waals surface area contributed by atoms with Gasteiger partial charge in [-0.15, -0.1) is 0 Å². The first-order valence-electron chi connectivity index (χ1n) is 5.70. The molecule has 0 aliphatic heterocycles. The van der Waals surface area contributed by atoms with Gasteiger partial charge in [0.25, 0.3) is 0 Å². The van der Waals surface area contributed by atoms with Crippen molar-refractivity contribution in [3.05, 3.63) is 47.3 Å². The van der Waals surface area contributed by atoms with Gasteiger partial charge in [-0.1, -0.05) is 44.2 Å². The molecule has 0 fully saturated rings. The molecule has 0 aliphatic carbocycles. The van der Waals surface area contributed by atoms with Gasteiger partial charge in [0.1, 0.15) is 6.61 Å². The van der Waals surface area contributed by atoms with Crippen LogP contribution in [0.4, 0.5) is 0 Å². The summed E-state index contributed by atoms with van der Waals surface area (Å²) in [6.45, 7) is 11.2. The summed E-state index contributed by atoms with van der Waals surface area (Å²) in [5, 5.41) is 0. The van der Waals surface area contributed by atoms with Crippen LogP contribution in [-0.2, 0) is 16.1 Å². The summed E-state index contributed by atoms with van der Waals surface area (Å²) < 4.78 is 5.13. The first-order chi connectivity index (χ1) is 8.13. The van der Waals surface area contributed by atoms with Gasteiger partial charge in [-0.05, 0) is 11.5 Å². The number of carbonyl (C=O) groups excluding carboxylic acids is 1. The molecule has 0 aliphatic rings. The Morgan fingerprint density at radius 3 is 2.53 bits per heavy atom. The van der Waals surface area contributed by atoms with Crippen molar-refractivity contribution in [2.24, 2.45) is 5.92 Å². The molecule has 1 aromatic carbocycles. The molecule has 0 N–H and O–H groups in total. The smallest absolute Gasteiger partial charge is 0.390 e. The topological polar surface area (TPSA) is 30.7 Å². The zero-order valence-corrected chi connectivity index (χ0v) is 10.2. The monoisotopic (exact) mass is 231 g/mol. The van der Waals surface area contributed by atoms with E-state index in [2.05, 4.69) is 4.85 Å². The van der Waals surface area contributed by atoms with Crippen molar-refractivity contribution in [2.75, 3.05) is 0 Å². The number of hydrogen-bond donors (Lipinski definition) is 0. The number of nitrogens with zero attached hydrogens (tertiary/aromatic N) is 1. The van der Waals surface area contributed by atoms with Crippen LogP contribution < -0.4 is 0 Å². The molecular weight excluding hydrogens is 214 g/mol. The third-order valence-electron chi connectivity index (χ3n) is 2.35. The van der Waals surface area contributed by atoms with Gasteiger partial charge in [-0.3, -0.25) is 0 Å². The maximum Gasteiger partial charge on any atom is 0.390 e. The summed E-state index contributed by atoms with van der Waals surface area (Å²) >= 11 is 0. The molecule has 0 bridgehead atoms. The highest BCUT2D eigenvalue weighted by molar-refractivity contribution is 5.77. The Morgan fingerprint density at radius 2 is 2.00 bits per heavy atom. The number of carbonyl (C=O) groups is 1. The van der Waals surface area contributed by atoms with Crippen LogP contribution in [0.25, 0.3) is 4.85 Å². The fourth-order valence-electron chi connectivity index (χ4n) is 1.47. The first kappa shape index (κ1) is 13.2. The second-order valence-electron chi connectivity index (χ2n) is 4.37. The summed E-state index contributed by atoms with van der Waals surface area (Å²) in [7, 11) is 0. The van der Waals surface area contributed by atoms with Gasteiger partial charge in [0.15, 0.2) is 0 Å². The van der Waals surface area contributed by atoms with Crippen LogP contribution >= 0.6 is 0 Å². The molecule has 0 unspecified atom stereocenters. The van der Waals surface area contributed by atoms with E-state index in [1.165, 1.54) is 0 Å². The molecule has 0 saturated carbocycles. The van der Waals surface area contributed by atoms with E-state index in [-0.39, 0.29) is 6.61 Å². The van der Waals surface area contributed by atoms with Crippen molar-refractivity contribution in [3.8, 4) is 0 Å². The standard InChI is InChI=1S/C14H17NO2/c1-11(2)9-13(15-3)14(16)17-10-12-7-5-4-6-8-12/h4-8,11,13H,9-10H2,1-2H3/t13-/m0/s1. The van der Waals surface area contributed by atoms with E-state index >= 15 is 0 Å². The predicted molar refractivity (Wildman–Crippen MR) is 66.1 cm³/mol. The van der Waals surface area contributed by atoms with E-state index in [9.17, 15) is 4.79 Å². The van der Waals surface area contributed by atoms with E-state index in [0.717, 1.165) is 5.56 Å². The quantitative estimate of drug-likeness (QED) is 0.576. The number of esters is 1. The number of benzene rings is 1. The van der Waals surface area contributed by atoms with Crippen LogP contribution in [-0.4, -0.2) is 12.0 Å². The Balaban J connectivity index is 2.46. The van der Waals surface area contributed by atoms with Crippen molar-refractivity contribution in [1.82, 2.24) is 0 Å². The molecule has 3 heteroatoms. The van der Waals surface area contributed by atoms with Gasteiger partial charge >= 0.3 is 12.0 Å². The van der Waals surface area contributed by atoms with Gasteiger partial charge in [0.2, 0.25) is 0 Å². The Hall–Kier alpha value is -1.82. The second kappa shape index (κ2) is 6.70. The lowest BCUT2D eigenvalue weighted by Gasteiger charge is -2.08. The zero-order chi connectivity index (χ0) is 12.7. The van der Waals surface area contributed by atoms with E-state index < -0.39 is 12.0 Å². The lowest BCUT2D eigenvalue weighted by molar-refractivity contribution is -0.145. The average Bonchev–Trinajstić information content (AvgIpc) is 2.34. The average molecular weight is 231 g/mol. The third-order valence-corrected chi connectivity index (χ3v) is 2.35. The maximum atomic E-state index is 11.6. The lowest BCUT2D eigenvalue weighted by Crippen LogP contribution is -2.21. The van der Waals surface area contributed by atoms with E-state index in [1.54, 1.807) is 0 Å². The van der Waals surface area contributed by atoms with Crippen LogP contribution in [0.1, 0.15) is 25.8 Å². The van der Waals surface area contributed by atoms with E-state index in [0.29, 0.717) is 12.3 Å². The van der Waals surface area contributed by atoms with Gasteiger partial charge in [-0.2, -0.15) is 0 Å². The summed E-state index contributed by atoms with van der Waals surface area (Å²) in [4.78, 5) is 15.0. The molecule has 1 aromatic rings. The molecule has 0 spiro atoms. The number of rotatable bonds is 5. The second-order valence-corrected chi connectivity index (χ2v) is 4.37. The Bertz CT molecular complexity index is 392. The largest absolute Gasteiger partial charge is 0.455 e. The van der Waals surface area contributed by atoms with Crippen LogP contribution in [0, 0.1) is 12.5 Å². The minimum Gasteiger partial charge on any atom is -0.455 e. The Morgan fingerprint density at radius 1 is 1.35 bits per heavy atom. The minimum atomic E-state index is -0.668. The fourth-order valence-corrected chi connectivity index (χ4v) is 1.47. The van der Waals surface area contributed by atoms with Crippen LogP contribution in [0.3, 0.4) is 0 Å². The van der Waals surface area contributed by atoms with Crippen LogP contribution in [0.2, 0.25) is 0 Å². The third kappa shape index (κ3) is 4.69. The van der Waals surface area contributed by atoms with Gasteiger partial charge in [-0.25, -0.2) is 11.4 Å². The van der Waals surface area contributed by atoms with Gasteiger partial charge < -0.3 is 9.58 Å². The normalized spacial score (nSPS) is 11.9. The number of hydrogen-bond acceptors (Lipinski definition) is 2. The predicted octanol–water partition coefficient (Wildman–Crippen LogP) is 3.06. The van der Waals surface area contributed by atoms with Crippen molar-refractivity contribution in [3.63, 3.8) is 0 Å². The zero-order valence-electron chi connectivity index (χ0n) is 10.2. The van der Waals surface area contributed by atoms with Crippen molar-refractivity contribution < 1.29 is 9.53 Å².